The van der Waals surface area contributed by atoms with Gasteiger partial charge in [-0.15, -0.1) is 21.6 Å². The second-order valence-electron chi connectivity index (χ2n) is 20.1. The Kier molecular flexibility index (Phi) is 21.2. The van der Waals surface area contributed by atoms with Crippen molar-refractivity contribution in [1.29, 1.82) is 10.8 Å². The summed E-state index contributed by atoms with van der Waals surface area (Å²) >= 11 is 0. The van der Waals surface area contributed by atoms with Crippen molar-refractivity contribution in [3.63, 3.8) is 0 Å². The monoisotopic (exact) mass is 978 g/mol. The molecule has 0 radical (unpaired) electrons. The number of phenolic OH excluding ortho intramolecular Hbond substituents is 2. The SMILES string of the molecule is C=CCc1cc(C)cc(N)c1O.C[SiH](O[Si](C)(C)C)O[Si](C)(C)C.Cc1cc(CCC[Si](C)(O[Si](C)(C)C)O[Si](C)(C)C)c(O)c(-n2nc3ccccc3n2)c1.N=C1C=CC=CC1=N. The number of nitrogen functional groups attached to an aromatic ring is 1. The molecule has 0 spiro atoms. The van der Waals surface area contributed by atoms with Gasteiger partial charge in [0.05, 0.1) is 17.1 Å². The molecule has 64 heavy (non-hydrogen) atoms. The Hall–Kier alpha value is -3.84. The first-order valence-corrected chi connectivity index (χ1v) is 40.2. The summed E-state index contributed by atoms with van der Waals surface area (Å²) in [5.74, 6) is 0.428. The van der Waals surface area contributed by atoms with Gasteiger partial charge >= 0.3 is 8.56 Å². The van der Waals surface area contributed by atoms with E-state index in [1.165, 1.54) is 4.80 Å². The molecule has 3 aromatic carbocycles. The lowest BCUT2D eigenvalue weighted by molar-refractivity contribution is 0.381. The fourth-order valence-corrected chi connectivity index (χ4v) is 28.0. The van der Waals surface area contributed by atoms with E-state index in [-0.39, 0.29) is 22.9 Å². The molecule has 0 saturated carbocycles. The highest BCUT2D eigenvalue weighted by molar-refractivity contribution is 6.87. The predicted molar refractivity (Wildman–Crippen MR) is 286 cm³/mol. The number of phenols is 2. The molecule has 0 bridgehead atoms. The molecule has 0 unspecified atom stereocenters. The first-order valence-electron chi connectivity index (χ1n) is 21.9. The first kappa shape index (κ1) is 56.3. The Balaban J connectivity index is 0.000000357. The van der Waals surface area contributed by atoms with Crippen LogP contribution in [0, 0.1) is 24.7 Å². The number of hydrogen-bond donors (Lipinski definition) is 5. The zero-order chi connectivity index (χ0) is 48.8. The van der Waals surface area contributed by atoms with Crippen molar-refractivity contribution >= 4 is 79.3 Å². The third-order valence-electron chi connectivity index (χ3n) is 8.63. The minimum absolute atomic E-state index is 0.181. The molecule has 1 aliphatic rings. The molecule has 6 N–H and O–H groups in total. The molecular weight excluding hydrogens is 901 g/mol. The van der Waals surface area contributed by atoms with E-state index in [0.29, 0.717) is 17.8 Å². The maximum atomic E-state index is 11.1. The molecule has 1 heterocycles. The number of nitrogens with two attached hydrogens (primary N) is 1. The second kappa shape index (κ2) is 24.1. The van der Waals surface area contributed by atoms with E-state index in [9.17, 15) is 10.2 Å². The summed E-state index contributed by atoms with van der Waals surface area (Å²) in [6, 6.07) is 16.3. The average molecular weight is 980 g/mol. The Bertz CT molecular complexity index is 2170. The van der Waals surface area contributed by atoms with Crippen molar-refractivity contribution in [1.82, 2.24) is 15.0 Å². The van der Waals surface area contributed by atoms with Gasteiger partial charge in [0.1, 0.15) is 28.2 Å². The number of anilines is 1. The molecule has 1 aromatic heterocycles. The molecule has 1 aliphatic carbocycles. The largest absolute Gasteiger partial charge is 0.505 e. The highest BCUT2D eigenvalue weighted by Crippen LogP contribution is 2.32. The van der Waals surface area contributed by atoms with E-state index < -0.39 is 51.1 Å². The van der Waals surface area contributed by atoms with Crippen LogP contribution in [0.2, 0.25) is 97.7 Å². The van der Waals surface area contributed by atoms with Crippen LogP contribution >= 0.6 is 0 Å². The van der Waals surface area contributed by atoms with E-state index >= 15 is 0 Å². The number of aryl methyl sites for hydroxylation is 3. The topological polar surface area (TPSA) is 182 Å². The molecule has 352 valence electrons. The number of fused-ring (bicyclic) bond motifs is 1. The Labute approximate surface area is 391 Å². The zero-order valence-corrected chi connectivity index (χ0v) is 47.7. The smallest absolute Gasteiger partial charge is 0.314 e. The van der Waals surface area contributed by atoms with E-state index in [1.807, 2.05) is 50.2 Å². The van der Waals surface area contributed by atoms with Crippen LogP contribution in [-0.4, -0.2) is 87.7 Å². The van der Waals surface area contributed by atoms with Gasteiger partial charge in [0.15, 0.2) is 33.3 Å². The molecule has 0 fully saturated rings. The van der Waals surface area contributed by atoms with Gasteiger partial charge in [0, 0.05) is 5.56 Å². The summed E-state index contributed by atoms with van der Waals surface area (Å²) in [6.45, 7) is 38.6. The molecule has 0 amide bonds. The Morgan fingerprint density at radius 3 is 1.58 bits per heavy atom. The van der Waals surface area contributed by atoms with Gasteiger partial charge in [-0.2, -0.15) is 0 Å². The van der Waals surface area contributed by atoms with Crippen molar-refractivity contribution in [2.75, 3.05) is 5.73 Å². The average Bonchev–Trinajstić information content (AvgIpc) is 3.55. The van der Waals surface area contributed by atoms with Crippen LogP contribution in [0.4, 0.5) is 5.69 Å². The lowest BCUT2D eigenvalue weighted by Gasteiger charge is -2.38. The highest BCUT2D eigenvalue weighted by Gasteiger charge is 2.40. The van der Waals surface area contributed by atoms with Crippen LogP contribution in [0.3, 0.4) is 0 Å². The van der Waals surface area contributed by atoms with E-state index in [4.69, 9.17) is 33.0 Å². The maximum Gasteiger partial charge on any atom is 0.314 e. The van der Waals surface area contributed by atoms with Crippen LogP contribution in [-0.2, 0) is 29.3 Å². The number of nitrogens with one attached hydrogen (secondary N) is 2. The van der Waals surface area contributed by atoms with E-state index in [2.05, 4.69) is 115 Å². The van der Waals surface area contributed by atoms with Crippen LogP contribution in [0.1, 0.15) is 28.7 Å². The fraction of sp³-hybridized carbons (Fsp3) is 0.435. The number of hydrogen-bond acceptors (Lipinski definition) is 11. The number of rotatable bonds is 15. The second-order valence-corrected chi connectivity index (χ2v) is 44.4. The molecule has 0 atom stereocenters. The summed E-state index contributed by atoms with van der Waals surface area (Å²) in [5, 5.41) is 43.7. The van der Waals surface area contributed by atoms with E-state index in [1.54, 1.807) is 36.4 Å². The molecular formula is C46H78N6O6Si6. The van der Waals surface area contributed by atoms with Crippen molar-refractivity contribution < 1.29 is 26.7 Å². The van der Waals surface area contributed by atoms with Crippen molar-refractivity contribution in [2.24, 2.45) is 0 Å². The Morgan fingerprint density at radius 1 is 0.703 bits per heavy atom. The first-order chi connectivity index (χ1) is 29.3. The number of aromatic nitrogens is 3. The van der Waals surface area contributed by atoms with Crippen LogP contribution in [0.15, 0.2) is 85.5 Å². The highest BCUT2D eigenvalue weighted by atomic mass is 28.5. The number of benzene rings is 3. The van der Waals surface area contributed by atoms with Gasteiger partial charge in [-0.1, -0.05) is 42.5 Å². The minimum atomic E-state index is -2.29. The van der Waals surface area contributed by atoms with Crippen LogP contribution < -0.4 is 5.73 Å². The molecule has 18 heteroatoms. The van der Waals surface area contributed by atoms with Crippen LogP contribution in [0.5, 0.6) is 11.5 Å². The van der Waals surface area contributed by atoms with Crippen LogP contribution in [0.25, 0.3) is 16.7 Å². The quantitative estimate of drug-likeness (QED) is 0.0254. The summed E-state index contributed by atoms with van der Waals surface area (Å²) in [4.78, 5) is 1.54. The molecule has 0 saturated heterocycles. The van der Waals surface area contributed by atoms with Gasteiger partial charge in [-0.25, -0.2) is 0 Å². The predicted octanol–water partition coefficient (Wildman–Crippen LogP) is 11.8. The third-order valence-corrected chi connectivity index (χ3v) is 26.6. The number of aromatic hydroxyl groups is 2. The lowest BCUT2D eigenvalue weighted by Crippen LogP contribution is -2.52. The summed E-state index contributed by atoms with van der Waals surface area (Å²) in [7, 11) is -9.79. The Morgan fingerprint density at radius 2 is 1.16 bits per heavy atom. The third kappa shape index (κ3) is 21.4. The summed E-state index contributed by atoms with van der Waals surface area (Å²) < 4.78 is 25.1. The zero-order valence-electron chi connectivity index (χ0n) is 41.6. The number of nitrogens with zero attached hydrogens (tertiary/aromatic N) is 3. The van der Waals surface area contributed by atoms with Gasteiger partial charge in [0.2, 0.25) is 0 Å². The molecule has 0 aliphatic heterocycles. The van der Waals surface area contributed by atoms with E-state index in [0.717, 1.165) is 52.2 Å². The lowest BCUT2D eigenvalue weighted by atomic mass is 10.0. The molecule has 12 nitrogen and oxygen atoms in total. The maximum absolute atomic E-state index is 11.1. The van der Waals surface area contributed by atoms with Gasteiger partial charge < -0.3 is 32.4 Å². The molecule has 5 rings (SSSR count). The van der Waals surface area contributed by atoms with Crippen molar-refractivity contribution in [2.45, 2.75) is 131 Å². The standard InChI is InChI=1S/C23H37N3O3Si3.C10H13NO.C7H22O2Si3.C6H6N2/c1-18-16-19(12-11-15-32(8,28-30(2,3)4)29-31(5,6)7)23(27)22(17-18)26-24-20-13-9-10-14-21(20)25-26;1-3-4-8-5-7(2)6-9(11)10(8)12;1-10(8-11(2,3)4)9-12(5,6)7;7-5-3-1-2-4-6(5)8/h9-10,13-14,16-17,27H,11-12,15H2,1-8H3;3,5-6,12H,1,4,11H2,2H3;10H,1-7H3;1-4,7-8H. The molecule has 4 aromatic rings. The number of allylic oxidation sites excluding steroid dienone is 5. The minimum Gasteiger partial charge on any atom is -0.505 e. The van der Waals surface area contributed by atoms with Gasteiger partial charge in [-0.05, 0) is 184 Å². The van der Waals surface area contributed by atoms with Gasteiger partial charge in [-0.3, -0.25) is 10.8 Å². The summed E-state index contributed by atoms with van der Waals surface area (Å²) in [5.41, 5.74) is 12.7. The van der Waals surface area contributed by atoms with Crippen molar-refractivity contribution in [3.8, 4) is 17.2 Å². The van der Waals surface area contributed by atoms with Gasteiger partial charge in [0.25, 0.3) is 9.28 Å². The van der Waals surface area contributed by atoms with Crippen molar-refractivity contribution in [3.05, 3.63) is 108 Å². The normalized spacial score (nSPS) is 13.2. The summed E-state index contributed by atoms with van der Waals surface area (Å²) in [6.07, 6.45) is 10.8. The fourth-order valence-electron chi connectivity index (χ4n) is 6.86.